The monoisotopic (exact) mass is 375 g/mol. The number of urea groups is 1. The number of nitrogens with zero attached hydrogens (tertiary/aromatic N) is 4. The highest BCUT2D eigenvalue weighted by atomic mass is 35.5. The lowest BCUT2D eigenvalue weighted by Crippen LogP contribution is -2.41. The minimum Gasteiger partial charge on any atom is -0.333 e. The highest BCUT2D eigenvalue weighted by Gasteiger charge is 2.26. The maximum atomic E-state index is 12.5. The van der Waals surface area contributed by atoms with Crippen LogP contribution in [0.1, 0.15) is 24.6 Å². The first-order chi connectivity index (χ1) is 12.5. The number of para-hydroxylation sites is 1. The molecule has 7 heteroatoms. The summed E-state index contributed by atoms with van der Waals surface area (Å²) in [5.74, 6) is 1.54. The maximum Gasteiger partial charge on any atom is 0.321 e. The van der Waals surface area contributed by atoms with Gasteiger partial charge < -0.3 is 19.7 Å². The van der Waals surface area contributed by atoms with Crippen LogP contribution < -0.4 is 5.32 Å². The molecule has 0 radical (unpaired) electrons. The number of anilines is 1. The Morgan fingerprint density at radius 1 is 1.31 bits per heavy atom. The van der Waals surface area contributed by atoms with Crippen LogP contribution in [0.25, 0.3) is 0 Å². The summed E-state index contributed by atoms with van der Waals surface area (Å²) in [7, 11) is 4.15. The molecule has 1 aliphatic heterocycles. The van der Waals surface area contributed by atoms with E-state index in [1.54, 1.807) is 6.07 Å². The zero-order chi connectivity index (χ0) is 18.5. The van der Waals surface area contributed by atoms with Crippen molar-refractivity contribution in [1.82, 2.24) is 19.4 Å². The van der Waals surface area contributed by atoms with Crippen molar-refractivity contribution in [3.63, 3.8) is 0 Å². The first-order valence-electron chi connectivity index (χ1n) is 9.01. The molecule has 140 valence electrons. The van der Waals surface area contributed by atoms with Crippen LogP contribution in [0.5, 0.6) is 0 Å². The first-order valence-corrected chi connectivity index (χ1v) is 9.38. The molecule has 2 aromatic rings. The number of halogens is 1. The minimum atomic E-state index is -0.0903. The van der Waals surface area contributed by atoms with Gasteiger partial charge in [-0.25, -0.2) is 9.78 Å². The van der Waals surface area contributed by atoms with E-state index < -0.39 is 0 Å². The van der Waals surface area contributed by atoms with Gasteiger partial charge >= 0.3 is 6.03 Å². The average Bonchev–Trinajstić information content (AvgIpc) is 3.10. The van der Waals surface area contributed by atoms with E-state index in [2.05, 4.69) is 40.1 Å². The Labute approximate surface area is 159 Å². The number of piperidine rings is 1. The average molecular weight is 376 g/mol. The number of likely N-dealkylation sites (tertiary alicyclic amines) is 1. The number of aromatic nitrogens is 2. The molecule has 0 unspecified atom stereocenters. The molecule has 0 spiro atoms. The third-order valence-electron chi connectivity index (χ3n) is 4.80. The normalized spacial score (nSPS) is 15.5. The second-order valence-electron chi connectivity index (χ2n) is 6.95. The number of carbonyl (C=O) groups is 1. The van der Waals surface area contributed by atoms with Crippen molar-refractivity contribution >= 4 is 23.3 Å². The van der Waals surface area contributed by atoms with Gasteiger partial charge in [0.2, 0.25) is 0 Å². The van der Waals surface area contributed by atoms with Gasteiger partial charge in [-0.3, -0.25) is 0 Å². The summed E-state index contributed by atoms with van der Waals surface area (Å²) in [4.78, 5) is 21.1. The van der Waals surface area contributed by atoms with Crippen LogP contribution in [0, 0.1) is 0 Å². The molecule has 0 aliphatic carbocycles. The van der Waals surface area contributed by atoms with Crippen molar-refractivity contribution in [2.75, 3.05) is 39.0 Å². The Hall–Kier alpha value is -2.05. The minimum absolute atomic E-state index is 0.0903. The number of hydrogen-bond donors (Lipinski definition) is 1. The Morgan fingerprint density at radius 2 is 2.04 bits per heavy atom. The van der Waals surface area contributed by atoms with E-state index in [0.717, 1.165) is 44.8 Å². The molecule has 1 aromatic carbocycles. The number of carbonyl (C=O) groups excluding carboxylic acids is 1. The lowest BCUT2D eigenvalue weighted by Gasteiger charge is -2.32. The standard InChI is InChI=1S/C19H26ClN5O/c1-23(2)13-14-24-12-9-21-18(24)15-7-10-25(11-8-15)19(26)22-17-6-4-3-5-16(17)20/h3-6,9,12,15H,7-8,10-11,13-14H2,1-2H3,(H,22,26). The fourth-order valence-corrected chi connectivity index (χ4v) is 3.46. The summed E-state index contributed by atoms with van der Waals surface area (Å²) >= 11 is 6.12. The molecule has 26 heavy (non-hydrogen) atoms. The van der Waals surface area contributed by atoms with E-state index in [0.29, 0.717) is 16.6 Å². The molecule has 1 aromatic heterocycles. The van der Waals surface area contributed by atoms with Gasteiger partial charge in [-0.05, 0) is 39.1 Å². The molecule has 1 aliphatic rings. The van der Waals surface area contributed by atoms with Crippen LogP contribution in [-0.4, -0.2) is 59.1 Å². The largest absolute Gasteiger partial charge is 0.333 e. The fourth-order valence-electron chi connectivity index (χ4n) is 3.28. The summed E-state index contributed by atoms with van der Waals surface area (Å²) in [6.45, 7) is 3.38. The Balaban J connectivity index is 1.55. The van der Waals surface area contributed by atoms with Crippen molar-refractivity contribution < 1.29 is 4.79 Å². The van der Waals surface area contributed by atoms with Crippen molar-refractivity contribution in [1.29, 1.82) is 0 Å². The van der Waals surface area contributed by atoms with Gasteiger partial charge in [0.1, 0.15) is 5.82 Å². The fraction of sp³-hybridized carbons (Fsp3) is 0.474. The number of likely N-dealkylation sites (N-methyl/N-ethyl adjacent to an activating group) is 1. The second kappa shape index (κ2) is 8.56. The maximum absolute atomic E-state index is 12.5. The van der Waals surface area contributed by atoms with Crippen LogP contribution in [0.4, 0.5) is 10.5 Å². The van der Waals surface area contributed by atoms with Gasteiger partial charge in [0, 0.05) is 44.5 Å². The molecule has 0 bridgehead atoms. The first kappa shape index (κ1) is 18.7. The zero-order valence-electron chi connectivity index (χ0n) is 15.4. The van der Waals surface area contributed by atoms with Gasteiger partial charge in [0.05, 0.1) is 10.7 Å². The van der Waals surface area contributed by atoms with Gasteiger partial charge in [-0.15, -0.1) is 0 Å². The lowest BCUT2D eigenvalue weighted by molar-refractivity contribution is 0.192. The molecular weight excluding hydrogens is 350 g/mol. The van der Waals surface area contributed by atoms with Crippen LogP contribution in [0.2, 0.25) is 5.02 Å². The summed E-state index contributed by atoms with van der Waals surface area (Å²) in [5, 5.41) is 3.46. The summed E-state index contributed by atoms with van der Waals surface area (Å²) in [5.41, 5.74) is 0.653. The van der Waals surface area contributed by atoms with Gasteiger partial charge in [-0.2, -0.15) is 0 Å². The molecular formula is C19H26ClN5O. The second-order valence-corrected chi connectivity index (χ2v) is 7.36. The van der Waals surface area contributed by atoms with Gasteiger partial charge in [0.25, 0.3) is 0 Å². The van der Waals surface area contributed by atoms with Crippen molar-refractivity contribution in [3.05, 3.63) is 47.5 Å². The smallest absolute Gasteiger partial charge is 0.321 e. The van der Waals surface area contributed by atoms with Gasteiger partial charge in [-0.1, -0.05) is 23.7 Å². The molecule has 0 atom stereocenters. The Kier molecular flexibility index (Phi) is 6.16. The van der Waals surface area contributed by atoms with E-state index in [1.165, 1.54) is 0 Å². The predicted molar refractivity (Wildman–Crippen MR) is 105 cm³/mol. The highest BCUT2D eigenvalue weighted by molar-refractivity contribution is 6.33. The lowest BCUT2D eigenvalue weighted by atomic mass is 9.96. The van der Waals surface area contributed by atoms with E-state index in [1.807, 2.05) is 29.3 Å². The number of rotatable bonds is 5. The van der Waals surface area contributed by atoms with Crippen LogP contribution in [-0.2, 0) is 6.54 Å². The number of nitrogens with one attached hydrogen (secondary N) is 1. The zero-order valence-corrected chi connectivity index (χ0v) is 16.1. The van der Waals surface area contributed by atoms with Crippen molar-refractivity contribution in [2.24, 2.45) is 0 Å². The van der Waals surface area contributed by atoms with E-state index in [-0.39, 0.29) is 6.03 Å². The Morgan fingerprint density at radius 3 is 2.73 bits per heavy atom. The molecule has 2 heterocycles. The molecule has 0 saturated carbocycles. The number of hydrogen-bond acceptors (Lipinski definition) is 3. The van der Waals surface area contributed by atoms with Gasteiger partial charge in [0.15, 0.2) is 0 Å². The third kappa shape index (κ3) is 4.56. The van der Waals surface area contributed by atoms with Crippen molar-refractivity contribution in [2.45, 2.75) is 25.3 Å². The molecule has 3 rings (SSSR count). The summed E-state index contributed by atoms with van der Waals surface area (Å²) < 4.78 is 2.24. The molecule has 6 nitrogen and oxygen atoms in total. The van der Waals surface area contributed by atoms with Crippen LogP contribution in [0.3, 0.4) is 0 Å². The quantitative estimate of drug-likeness (QED) is 0.870. The molecule has 1 fully saturated rings. The van der Waals surface area contributed by atoms with Crippen molar-refractivity contribution in [3.8, 4) is 0 Å². The predicted octanol–water partition coefficient (Wildman–Crippen LogP) is 3.51. The number of benzene rings is 1. The SMILES string of the molecule is CN(C)CCn1ccnc1C1CCN(C(=O)Nc2ccccc2Cl)CC1. The van der Waals surface area contributed by atoms with Crippen LogP contribution in [0.15, 0.2) is 36.7 Å². The molecule has 2 amide bonds. The topological polar surface area (TPSA) is 53.4 Å². The Bertz CT molecular complexity index is 737. The third-order valence-corrected chi connectivity index (χ3v) is 5.13. The summed E-state index contributed by atoms with van der Waals surface area (Å²) in [6, 6.07) is 7.21. The van der Waals surface area contributed by atoms with E-state index in [4.69, 9.17) is 11.6 Å². The number of amides is 2. The van der Waals surface area contributed by atoms with E-state index >= 15 is 0 Å². The highest BCUT2D eigenvalue weighted by Crippen LogP contribution is 2.28. The van der Waals surface area contributed by atoms with Crippen LogP contribution >= 0.6 is 11.6 Å². The summed E-state index contributed by atoms with van der Waals surface area (Å²) in [6.07, 6.45) is 5.78. The van der Waals surface area contributed by atoms with E-state index in [9.17, 15) is 4.79 Å². The number of imidazole rings is 1. The molecule has 1 saturated heterocycles. The molecule has 1 N–H and O–H groups in total.